The van der Waals surface area contributed by atoms with Crippen LogP contribution in [0.2, 0.25) is 0 Å². The Labute approximate surface area is 90.1 Å². The Hall–Kier alpha value is -1.05. The van der Waals surface area contributed by atoms with Gasteiger partial charge in [-0.1, -0.05) is 5.92 Å². The summed E-state index contributed by atoms with van der Waals surface area (Å²) in [5.74, 6) is 3.08. The van der Waals surface area contributed by atoms with Crippen molar-refractivity contribution in [2.45, 2.75) is 6.42 Å². The highest BCUT2D eigenvalue weighted by Gasteiger charge is 2.11. The average Bonchev–Trinajstić information content (AvgIpc) is 2.11. The van der Waals surface area contributed by atoms with Gasteiger partial charge in [-0.15, -0.1) is 0 Å². The van der Waals surface area contributed by atoms with E-state index in [0.29, 0.717) is 0 Å². The van der Waals surface area contributed by atoms with E-state index in [1.165, 1.54) is 0 Å². The lowest BCUT2D eigenvalue weighted by atomic mass is 10.3. The van der Waals surface area contributed by atoms with Crippen LogP contribution in [-0.4, -0.2) is 60.6 Å². The van der Waals surface area contributed by atoms with E-state index in [2.05, 4.69) is 5.92 Å². The molecule has 1 aliphatic rings. The van der Waals surface area contributed by atoms with Crippen molar-refractivity contribution in [2.75, 3.05) is 39.7 Å². The number of piperazine rings is 1. The van der Waals surface area contributed by atoms with Gasteiger partial charge in [-0.05, 0) is 7.05 Å². The highest BCUT2D eigenvalue weighted by molar-refractivity contribution is 5.86. The Morgan fingerprint density at radius 1 is 1.57 bits per heavy atom. The first-order valence-corrected chi connectivity index (χ1v) is 4.33. The molecule has 4 heteroatoms. The normalized spacial score (nSPS) is 30.1. The summed E-state index contributed by atoms with van der Waals surface area (Å²) in [6.45, 7) is -3.30. The van der Waals surface area contributed by atoms with Crippen LogP contribution in [0.1, 0.15) is 11.9 Å². The summed E-state index contributed by atoms with van der Waals surface area (Å²) in [6.07, 6.45) is 0.120. The van der Waals surface area contributed by atoms with Gasteiger partial charge < -0.3 is 10.0 Å². The summed E-state index contributed by atoms with van der Waals surface area (Å²) in [7, 11) is 1.66. The number of carboxylic acids is 1. The van der Waals surface area contributed by atoms with Gasteiger partial charge in [0.15, 0.2) is 0 Å². The first-order valence-electron chi connectivity index (χ1n) is 6.33. The predicted octanol–water partition coefficient (Wildman–Crippen LogP) is -0.288. The number of hydrogen-bond donors (Lipinski definition) is 1. The van der Waals surface area contributed by atoms with Gasteiger partial charge in [-0.25, -0.2) is 4.79 Å². The summed E-state index contributed by atoms with van der Waals surface area (Å²) >= 11 is 0. The van der Waals surface area contributed by atoms with Gasteiger partial charge in [0.05, 0.1) is 0 Å². The molecule has 1 aliphatic heterocycles. The Bertz CT molecular complexity index is 371. The molecular formula is C10H16N2O2. The zero-order chi connectivity index (χ0) is 14.0. The fourth-order valence-electron chi connectivity index (χ4n) is 0.988. The van der Waals surface area contributed by atoms with Crippen molar-refractivity contribution in [3.8, 4) is 11.8 Å². The van der Waals surface area contributed by atoms with E-state index in [1.54, 1.807) is 11.9 Å². The number of nitrogens with zero attached hydrogens (tertiary/aromatic N) is 2. The molecule has 0 aromatic heterocycles. The first-order chi connectivity index (χ1) is 8.15. The maximum Gasteiger partial charge on any atom is 0.381 e. The van der Waals surface area contributed by atoms with Gasteiger partial charge in [0.2, 0.25) is 0 Å². The van der Waals surface area contributed by atoms with Crippen LogP contribution in [0.3, 0.4) is 0 Å². The lowest BCUT2D eigenvalue weighted by molar-refractivity contribution is -0.130. The van der Waals surface area contributed by atoms with Crippen LogP contribution in [0.4, 0.5) is 0 Å². The van der Waals surface area contributed by atoms with Crippen LogP contribution < -0.4 is 0 Å². The smallest absolute Gasteiger partial charge is 0.381 e. The molecule has 78 valence electrons. The molecule has 0 amide bonds. The van der Waals surface area contributed by atoms with E-state index in [-0.39, 0.29) is 26.1 Å². The summed E-state index contributed by atoms with van der Waals surface area (Å²) < 4.78 is 31.3. The van der Waals surface area contributed by atoms with Crippen LogP contribution >= 0.6 is 0 Å². The van der Waals surface area contributed by atoms with Crippen molar-refractivity contribution in [3.63, 3.8) is 0 Å². The minimum atomic E-state index is -1.79. The quantitative estimate of drug-likeness (QED) is 0.622. The highest BCUT2D eigenvalue weighted by atomic mass is 16.4. The summed E-state index contributed by atoms with van der Waals surface area (Å²) in [5, 5.41) is 8.35. The molecular weight excluding hydrogens is 180 g/mol. The number of hydrogen-bond acceptors (Lipinski definition) is 3. The molecule has 1 saturated heterocycles. The van der Waals surface area contributed by atoms with E-state index in [4.69, 9.17) is 10.6 Å². The van der Waals surface area contributed by atoms with Crippen molar-refractivity contribution in [1.29, 1.82) is 0 Å². The third kappa shape index (κ3) is 4.26. The monoisotopic (exact) mass is 200 g/mol. The van der Waals surface area contributed by atoms with Crippen molar-refractivity contribution < 1.29 is 15.4 Å². The minimum absolute atomic E-state index is 0.0636. The van der Waals surface area contributed by atoms with Gasteiger partial charge in [-0.3, -0.25) is 4.90 Å². The predicted molar refractivity (Wildman–Crippen MR) is 54.0 cm³/mol. The number of carbonyl (C=O) groups is 1. The third-order valence-electron chi connectivity index (χ3n) is 1.72. The Morgan fingerprint density at radius 3 is 2.79 bits per heavy atom. The second-order valence-electron chi connectivity index (χ2n) is 3.00. The van der Waals surface area contributed by atoms with Crippen molar-refractivity contribution >= 4 is 5.97 Å². The SMILES string of the molecule is [2H]C1([2H])CN(C)CC([2H])([2H])N1CCC#CC(=O)O. The maximum atomic E-state index is 10.2. The average molecular weight is 200 g/mol. The van der Waals surface area contributed by atoms with Crippen molar-refractivity contribution in [3.05, 3.63) is 0 Å². The molecule has 0 aliphatic carbocycles. The van der Waals surface area contributed by atoms with Gasteiger partial charge in [0, 0.05) is 50.5 Å². The zero-order valence-corrected chi connectivity index (χ0v) is 8.08. The molecule has 0 bridgehead atoms. The summed E-state index contributed by atoms with van der Waals surface area (Å²) in [5.41, 5.74) is 0. The molecule has 14 heavy (non-hydrogen) atoms. The number of likely N-dealkylation sites (N-methyl/N-ethyl adjacent to an activating group) is 1. The minimum Gasteiger partial charge on any atom is -0.472 e. The summed E-state index contributed by atoms with van der Waals surface area (Å²) in [6, 6.07) is 0. The molecule has 1 rings (SSSR count). The van der Waals surface area contributed by atoms with Crippen molar-refractivity contribution in [1.82, 2.24) is 9.80 Å². The molecule has 0 aromatic carbocycles. The molecule has 1 fully saturated rings. The Kier molecular flexibility index (Phi) is 2.59. The van der Waals surface area contributed by atoms with Crippen LogP contribution in [-0.2, 0) is 4.79 Å². The molecule has 1 heterocycles. The Balaban J connectivity index is 2.72. The van der Waals surface area contributed by atoms with E-state index < -0.39 is 19.0 Å². The number of rotatable bonds is 2. The fourth-order valence-corrected chi connectivity index (χ4v) is 0.988. The highest BCUT2D eigenvalue weighted by Crippen LogP contribution is 1.99. The fraction of sp³-hybridized carbons (Fsp3) is 0.700. The topological polar surface area (TPSA) is 43.8 Å². The number of aliphatic carboxylic acids is 1. The zero-order valence-electron chi connectivity index (χ0n) is 12.1. The summed E-state index contributed by atoms with van der Waals surface area (Å²) in [4.78, 5) is 12.9. The molecule has 0 unspecified atom stereocenters. The molecule has 0 atom stereocenters. The second-order valence-corrected chi connectivity index (χ2v) is 3.00. The number of carboxylic acid groups (broad SMARTS) is 1. The molecule has 0 saturated carbocycles. The van der Waals surface area contributed by atoms with Crippen LogP contribution in [0.15, 0.2) is 0 Å². The molecule has 1 N–H and O–H groups in total. The van der Waals surface area contributed by atoms with Crippen LogP contribution in [0.25, 0.3) is 0 Å². The van der Waals surface area contributed by atoms with Crippen LogP contribution in [0, 0.1) is 11.8 Å². The van der Waals surface area contributed by atoms with Gasteiger partial charge in [-0.2, -0.15) is 0 Å². The lowest BCUT2D eigenvalue weighted by Crippen LogP contribution is -2.44. The van der Waals surface area contributed by atoms with E-state index in [9.17, 15) is 4.79 Å². The largest absolute Gasteiger partial charge is 0.472 e. The van der Waals surface area contributed by atoms with Crippen LogP contribution in [0.5, 0.6) is 0 Å². The van der Waals surface area contributed by atoms with Gasteiger partial charge in [0.25, 0.3) is 0 Å². The van der Waals surface area contributed by atoms with Gasteiger partial charge >= 0.3 is 5.97 Å². The van der Waals surface area contributed by atoms with E-state index in [1.807, 2.05) is 5.92 Å². The molecule has 0 spiro atoms. The molecule has 4 nitrogen and oxygen atoms in total. The second kappa shape index (κ2) is 5.63. The van der Waals surface area contributed by atoms with Crippen molar-refractivity contribution in [2.24, 2.45) is 0 Å². The lowest BCUT2D eigenvalue weighted by Gasteiger charge is -2.31. The first kappa shape index (κ1) is 6.44. The third-order valence-corrected chi connectivity index (χ3v) is 1.72. The Morgan fingerprint density at radius 2 is 2.21 bits per heavy atom. The maximum absolute atomic E-state index is 10.2. The van der Waals surface area contributed by atoms with E-state index >= 15 is 0 Å². The van der Waals surface area contributed by atoms with E-state index in [0.717, 1.165) is 4.90 Å². The van der Waals surface area contributed by atoms with Gasteiger partial charge in [0.1, 0.15) is 0 Å². The standard InChI is InChI=1S/C10H16N2O2/c1-11-6-8-12(9-7-11)5-3-2-4-10(13)14/h3,5-9H2,1H3,(H,13,14)/i8D2,9D2. The molecule has 0 radical (unpaired) electrons. The molecule has 0 aromatic rings.